The van der Waals surface area contributed by atoms with E-state index in [2.05, 4.69) is 4.72 Å². The first-order valence-electron chi connectivity index (χ1n) is 9.84. The number of nitrogens with zero attached hydrogens (tertiary/aromatic N) is 1. The third-order valence-corrected chi connectivity index (χ3v) is 7.38. The number of thiophene rings is 1. The van der Waals surface area contributed by atoms with E-state index in [4.69, 9.17) is 21.1 Å². The Kier molecular flexibility index (Phi) is 6.59. The zero-order valence-electron chi connectivity index (χ0n) is 17.2. The number of carbonyl (C=O) groups is 1. The summed E-state index contributed by atoms with van der Waals surface area (Å²) < 4.78 is 40.0. The molecule has 4 rings (SSSR count). The van der Waals surface area contributed by atoms with Crippen molar-refractivity contribution in [2.75, 3.05) is 25.0 Å². The number of halogens is 1. The molecule has 0 saturated carbocycles. The van der Waals surface area contributed by atoms with Crippen LogP contribution in [0.15, 0.2) is 59.5 Å². The van der Waals surface area contributed by atoms with E-state index in [1.165, 1.54) is 23.5 Å². The van der Waals surface area contributed by atoms with Gasteiger partial charge in [-0.05, 0) is 48.5 Å². The van der Waals surface area contributed by atoms with Crippen LogP contribution in [0.3, 0.4) is 0 Å². The summed E-state index contributed by atoms with van der Waals surface area (Å²) in [4.78, 5) is 15.3. The first-order valence-corrected chi connectivity index (χ1v) is 12.5. The summed E-state index contributed by atoms with van der Waals surface area (Å²) in [6.45, 7) is 1.43. The van der Waals surface area contributed by atoms with E-state index < -0.39 is 10.0 Å². The normalized spacial score (nSPS) is 13.3. The topological polar surface area (TPSA) is 84.9 Å². The maximum absolute atomic E-state index is 12.8. The van der Waals surface area contributed by atoms with Gasteiger partial charge in [0, 0.05) is 35.7 Å². The lowest BCUT2D eigenvalue weighted by molar-refractivity contribution is 0.0786. The molecule has 0 spiro atoms. The lowest BCUT2D eigenvalue weighted by Crippen LogP contribution is -2.25. The molecule has 2 heterocycles. The Morgan fingerprint density at radius 3 is 2.47 bits per heavy atom. The fourth-order valence-electron chi connectivity index (χ4n) is 3.17. The van der Waals surface area contributed by atoms with E-state index in [-0.39, 0.29) is 10.8 Å². The predicted molar refractivity (Wildman–Crippen MR) is 124 cm³/mol. The minimum Gasteiger partial charge on any atom is -0.490 e. The molecule has 0 atom stereocenters. The number of rotatable bonds is 6. The van der Waals surface area contributed by atoms with Crippen LogP contribution in [0.4, 0.5) is 5.69 Å². The third kappa shape index (κ3) is 5.17. The van der Waals surface area contributed by atoms with Gasteiger partial charge in [-0.3, -0.25) is 9.52 Å². The van der Waals surface area contributed by atoms with Crippen LogP contribution in [0.25, 0.3) is 0 Å². The molecule has 10 heteroatoms. The minimum atomic E-state index is -3.84. The molecule has 32 heavy (non-hydrogen) atoms. The number of hydrogen-bond donors (Lipinski definition) is 1. The van der Waals surface area contributed by atoms with Crippen molar-refractivity contribution < 1.29 is 22.7 Å². The van der Waals surface area contributed by atoms with Crippen LogP contribution in [0, 0.1) is 0 Å². The molecule has 168 valence electrons. The highest BCUT2D eigenvalue weighted by molar-refractivity contribution is 7.92. The lowest BCUT2D eigenvalue weighted by Gasteiger charge is -2.16. The average molecular weight is 493 g/mol. The molecule has 0 radical (unpaired) electrons. The van der Waals surface area contributed by atoms with Crippen LogP contribution in [0.5, 0.6) is 11.5 Å². The summed E-state index contributed by atoms with van der Waals surface area (Å²) in [5.41, 5.74) is 0.801. The van der Waals surface area contributed by atoms with Gasteiger partial charge in [0.2, 0.25) is 0 Å². The second-order valence-electron chi connectivity index (χ2n) is 7.21. The van der Waals surface area contributed by atoms with Crippen molar-refractivity contribution in [3.05, 3.63) is 69.4 Å². The second-order valence-corrected chi connectivity index (χ2v) is 10.7. The molecule has 3 aromatic rings. The monoisotopic (exact) mass is 492 g/mol. The van der Waals surface area contributed by atoms with E-state index in [1.54, 1.807) is 48.3 Å². The first-order chi connectivity index (χ1) is 15.3. The van der Waals surface area contributed by atoms with Crippen LogP contribution < -0.4 is 14.2 Å². The molecule has 1 aliphatic heterocycles. The molecule has 1 N–H and O–H groups in total. The fraction of sp³-hybridized carbons (Fsp3) is 0.227. The minimum absolute atomic E-state index is 0.0660. The van der Waals surface area contributed by atoms with Gasteiger partial charge >= 0.3 is 0 Å². The number of benzene rings is 2. The maximum Gasteiger partial charge on any atom is 0.262 e. The van der Waals surface area contributed by atoms with Crippen molar-refractivity contribution in [3.63, 3.8) is 0 Å². The van der Waals surface area contributed by atoms with Crippen molar-refractivity contribution in [2.45, 2.75) is 17.9 Å². The van der Waals surface area contributed by atoms with Gasteiger partial charge < -0.3 is 14.4 Å². The standard InChI is InChI=1S/C22H21ClN2O5S2/c1-25(14-17-7-10-21(23)31-17)22(26)15-3-5-16(6-4-15)24-32(27,28)18-8-9-19-20(13-18)30-12-2-11-29-19/h3-10,13,24H,2,11-12,14H2,1H3. The van der Waals surface area contributed by atoms with Gasteiger partial charge in [0.25, 0.3) is 15.9 Å². The first kappa shape index (κ1) is 22.4. The molecule has 1 aromatic heterocycles. The zero-order chi connectivity index (χ0) is 22.7. The van der Waals surface area contributed by atoms with E-state index in [0.717, 1.165) is 11.3 Å². The van der Waals surface area contributed by atoms with Crippen LogP contribution in [-0.4, -0.2) is 39.5 Å². The second kappa shape index (κ2) is 9.40. The van der Waals surface area contributed by atoms with E-state index in [0.29, 0.717) is 46.8 Å². The van der Waals surface area contributed by atoms with E-state index >= 15 is 0 Å². The van der Waals surface area contributed by atoms with Gasteiger partial charge in [-0.25, -0.2) is 8.42 Å². The van der Waals surface area contributed by atoms with Crippen LogP contribution in [-0.2, 0) is 16.6 Å². The van der Waals surface area contributed by atoms with Crippen molar-refractivity contribution in [1.29, 1.82) is 0 Å². The Morgan fingerprint density at radius 1 is 1.06 bits per heavy atom. The zero-order valence-corrected chi connectivity index (χ0v) is 19.6. The summed E-state index contributed by atoms with van der Waals surface area (Å²) in [5, 5.41) is 0. The molecule has 0 saturated heterocycles. The largest absolute Gasteiger partial charge is 0.490 e. The molecule has 0 aliphatic carbocycles. The van der Waals surface area contributed by atoms with Crippen LogP contribution >= 0.6 is 22.9 Å². The van der Waals surface area contributed by atoms with Gasteiger partial charge in [0.05, 0.1) is 29.0 Å². The number of carbonyl (C=O) groups excluding carboxylic acids is 1. The Balaban J connectivity index is 1.44. The summed E-state index contributed by atoms with van der Waals surface area (Å²) in [6.07, 6.45) is 0.732. The van der Waals surface area contributed by atoms with Gasteiger partial charge in [0.15, 0.2) is 11.5 Å². The number of amides is 1. The summed E-state index contributed by atoms with van der Waals surface area (Å²) in [7, 11) is -2.13. The number of ether oxygens (including phenoxy) is 2. The molecule has 2 aromatic carbocycles. The number of anilines is 1. The molecule has 0 unspecified atom stereocenters. The van der Waals surface area contributed by atoms with Gasteiger partial charge in [0.1, 0.15) is 0 Å². The lowest BCUT2D eigenvalue weighted by atomic mass is 10.2. The molecular formula is C22H21ClN2O5S2. The third-order valence-electron chi connectivity index (χ3n) is 4.78. The Morgan fingerprint density at radius 2 is 1.78 bits per heavy atom. The fourth-order valence-corrected chi connectivity index (χ4v) is 5.38. The number of fused-ring (bicyclic) bond motifs is 1. The van der Waals surface area contributed by atoms with E-state index in [1.807, 2.05) is 6.07 Å². The van der Waals surface area contributed by atoms with Gasteiger partial charge in [-0.2, -0.15) is 0 Å². The van der Waals surface area contributed by atoms with Crippen molar-refractivity contribution in [3.8, 4) is 11.5 Å². The SMILES string of the molecule is CN(Cc1ccc(Cl)s1)C(=O)c1ccc(NS(=O)(=O)c2ccc3c(c2)OCCCO3)cc1. The van der Waals surface area contributed by atoms with Crippen molar-refractivity contribution in [1.82, 2.24) is 4.90 Å². The van der Waals surface area contributed by atoms with Gasteiger partial charge in [-0.15, -0.1) is 11.3 Å². The van der Waals surface area contributed by atoms with Crippen molar-refractivity contribution in [2.24, 2.45) is 0 Å². The average Bonchev–Trinajstić information content (AvgIpc) is 3.03. The molecule has 7 nitrogen and oxygen atoms in total. The summed E-state index contributed by atoms with van der Waals surface area (Å²) >= 11 is 7.37. The van der Waals surface area contributed by atoms with Crippen LogP contribution in [0.2, 0.25) is 4.34 Å². The molecule has 0 fully saturated rings. The van der Waals surface area contributed by atoms with E-state index in [9.17, 15) is 13.2 Å². The number of hydrogen-bond acceptors (Lipinski definition) is 6. The Bertz CT molecular complexity index is 1230. The molecular weight excluding hydrogens is 472 g/mol. The number of nitrogens with one attached hydrogen (secondary N) is 1. The van der Waals surface area contributed by atoms with Gasteiger partial charge in [-0.1, -0.05) is 11.6 Å². The smallest absolute Gasteiger partial charge is 0.262 e. The quantitative estimate of drug-likeness (QED) is 0.542. The van der Waals surface area contributed by atoms with Crippen LogP contribution in [0.1, 0.15) is 21.7 Å². The Labute approximate surface area is 195 Å². The molecule has 1 aliphatic rings. The summed E-state index contributed by atoms with van der Waals surface area (Å²) in [6, 6.07) is 14.5. The highest BCUT2D eigenvalue weighted by Gasteiger charge is 2.19. The highest BCUT2D eigenvalue weighted by atomic mass is 35.5. The van der Waals surface area contributed by atoms with Crippen molar-refractivity contribution >= 4 is 44.6 Å². The molecule has 1 amide bonds. The highest BCUT2D eigenvalue weighted by Crippen LogP contribution is 2.32. The number of sulfonamides is 1. The Hall–Kier alpha value is -2.75. The maximum atomic E-state index is 12.8. The predicted octanol–water partition coefficient (Wildman–Crippen LogP) is 4.64. The molecule has 0 bridgehead atoms. The summed E-state index contributed by atoms with van der Waals surface area (Å²) in [5.74, 6) is 0.756.